The summed E-state index contributed by atoms with van der Waals surface area (Å²) >= 11 is 6.03. The molecule has 4 aromatic rings. The molecule has 0 aliphatic heterocycles. The van der Waals surface area contributed by atoms with E-state index in [1.165, 1.54) is 4.68 Å². The predicted octanol–water partition coefficient (Wildman–Crippen LogP) is 3.77. The molecule has 0 unspecified atom stereocenters. The van der Waals surface area contributed by atoms with Crippen molar-refractivity contribution in [3.8, 4) is 0 Å². The summed E-state index contributed by atoms with van der Waals surface area (Å²) < 4.78 is 3.09. The van der Waals surface area contributed by atoms with Crippen LogP contribution < -0.4 is 10.9 Å². The summed E-state index contributed by atoms with van der Waals surface area (Å²) in [6.07, 6.45) is 0. The number of aryl methyl sites for hydroxylation is 1. The van der Waals surface area contributed by atoms with Crippen molar-refractivity contribution in [2.45, 2.75) is 19.9 Å². The number of rotatable bonds is 3. The fourth-order valence-electron chi connectivity index (χ4n) is 3.17. The molecule has 2 aromatic carbocycles. The van der Waals surface area contributed by atoms with Crippen LogP contribution in [0.15, 0.2) is 47.3 Å². The fraction of sp³-hybridized carbons (Fsp3) is 0.200. The number of hydrogen-bond donors (Lipinski definition) is 1. The van der Waals surface area contributed by atoms with Gasteiger partial charge in [0.2, 0.25) is 5.95 Å². The number of fused-ring (bicyclic) bond motifs is 2. The Labute approximate surface area is 165 Å². The maximum Gasteiger partial charge on any atom is 0.279 e. The van der Waals surface area contributed by atoms with Gasteiger partial charge < -0.3 is 4.57 Å². The number of nitrogens with one attached hydrogen (secondary N) is 1. The minimum atomic E-state index is -0.435. The van der Waals surface area contributed by atoms with Crippen LogP contribution in [0.1, 0.15) is 30.4 Å². The van der Waals surface area contributed by atoms with Gasteiger partial charge in [-0.2, -0.15) is 5.10 Å². The maximum atomic E-state index is 13.0. The Morgan fingerprint density at radius 3 is 2.57 bits per heavy atom. The lowest BCUT2D eigenvalue weighted by Gasteiger charge is -2.13. The van der Waals surface area contributed by atoms with Crippen LogP contribution >= 0.6 is 11.6 Å². The molecule has 0 fully saturated rings. The maximum absolute atomic E-state index is 13.0. The van der Waals surface area contributed by atoms with Crippen LogP contribution in [0.2, 0.25) is 5.02 Å². The van der Waals surface area contributed by atoms with Crippen molar-refractivity contribution >= 4 is 45.3 Å². The van der Waals surface area contributed by atoms with Crippen molar-refractivity contribution in [2.24, 2.45) is 7.05 Å². The Kier molecular flexibility index (Phi) is 4.39. The monoisotopic (exact) mass is 395 g/mol. The van der Waals surface area contributed by atoms with Crippen LogP contribution in [0.3, 0.4) is 0 Å². The highest BCUT2D eigenvalue weighted by molar-refractivity contribution is 6.31. The van der Waals surface area contributed by atoms with E-state index in [-0.39, 0.29) is 17.3 Å². The third kappa shape index (κ3) is 2.93. The zero-order chi connectivity index (χ0) is 20.0. The largest absolute Gasteiger partial charge is 0.313 e. The van der Waals surface area contributed by atoms with Crippen LogP contribution in [0.25, 0.3) is 21.8 Å². The number of carbonyl (C=O) groups is 1. The molecule has 142 valence electrons. The smallest absolute Gasteiger partial charge is 0.279 e. The molecule has 0 aliphatic rings. The minimum Gasteiger partial charge on any atom is -0.313 e. The second-order valence-electron chi connectivity index (χ2n) is 6.82. The van der Waals surface area contributed by atoms with E-state index < -0.39 is 5.91 Å². The number of benzene rings is 2. The third-order valence-electron chi connectivity index (χ3n) is 4.60. The third-order valence-corrected chi connectivity index (χ3v) is 4.84. The van der Waals surface area contributed by atoms with Gasteiger partial charge in [0, 0.05) is 17.5 Å². The van der Waals surface area contributed by atoms with E-state index in [2.05, 4.69) is 15.4 Å². The molecule has 7 nitrogen and oxygen atoms in total. The average Bonchev–Trinajstić information content (AvgIpc) is 2.96. The predicted molar refractivity (Wildman–Crippen MR) is 110 cm³/mol. The van der Waals surface area contributed by atoms with Crippen LogP contribution in [0.5, 0.6) is 0 Å². The molecule has 0 radical (unpaired) electrons. The van der Waals surface area contributed by atoms with Crippen LogP contribution in [-0.4, -0.2) is 25.2 Å². The molecule has 0 aliphatic carbocycles. The van der Waals surface area contributed by atoms with Gasteiger partial charge in [0.15, 0.2) is 5.69 Å². The molecule has 1 amide bonds. The Bertz CT molecular complexity index is 1290. The number of amides is 1. The molecule has 0 saturated carbocycles. The van der Waals surface area contributed by atoms with E-state index in [1.807, 2.05) is 19.9 Å². The fourth-order valence-corrected chi connectivity index (χ4v) is 3.34. The van der Waals surface area contributed by atoms with E-state index in [4.69, 9.17) is 11.6 Å². The van der Waals surface area contributed by atoms with Crippen molar-refractivity contribution in [1.82, 2.24) is 19.3 Å². The Hall–Kier alpha value is -3.19. The highest BCUT2D eigenvalue weighted by atomic mass is 35.5. The summed E-state index contributed by atoms with van der Waals surface area (Å²) in [5.74, 6) is -0.0643. The van der Waals surface area contributed by atoms with Gasteiger partial charge in [-0.1, -0.05) is 29.8 Å². The quantitative estimate of drug-likeness (QED) is 0.572. The summed E-state index contributed by atoms with van der Waals surface area (Å²) in [7, 11) is 1.80. The first-order valence-corrected chi connectivity index (χ1v) is 9.19. The van der Waals surface area contributed by atoms with Crippen molar-refractivity contribution in [1.29, 1.82) is 0 Å². The van der Waals surface area contributed by atoms with Crippen LogP contribution in [0, 0.1) is 0 Å². The number of carbonyl (C=O) groups excluding carboxylic acids is 1. The SMILES string of the molecule is CC(C)n1nc(C(=O)Nc2nc3cc(Cl)ccc3n2C)c2ccccc2c1=O. The molecule has 0 saturated heterocycles. The normalized spacial score (nSPS) is 11.5. The zero-order valence-corrected chi connectivity index (χ0v) is 16.4. The molecular formula is C20H18ClN5O2. The van der Waals surface area contributed by atoms with Gasteiger partial charge in [-0.05, 0) is 38.1 Å². The molecule has 8 heteroatoms. The molecule has 0 atom stereocenters. The molecule has 0 spiro atoms. The van der Waals surface area contributed by atoms with Crippen LogP contribution in [-0.2, 0) is 7.05 Å². The molecule has 2 aromatic heterocycles. The second-order valence-corrected chi connectivity index (χ2v) is 7.26. The number of aromatic nitrogens is 4. The number of anilines is 1. The van der Waals surface area contributed by atoms with Crippen molar-refractivity contribution in [2.75, 3.05) is 5.32 Å². The van der Waals surface area contributed by atoms with Crippen molar-refractivity contribution in [3.05, 3.63) is 63.5 Å². The average molecular weight is 396 g/mol. The van der Waals surface area contributed by atoms with Gasteiger partial charge in [0.05, 0.1) is 22.5 Å². The number of nitrogens with zero attached hydrogens (tertiary/aromatic N) is 4. The first kappa shape index (κ1) is 18.2. The zero-order valence-electron chi connectivity index (χ0n) is 15.6. The topological polar surface area (TPSA) is 81.8 Å². The summed E-state index contributed by atoms with van der Waals surface area (Å²) in [4.78, 5) is 30.1. The van der Waals surface area contributed by atoms with Gasteiger partial charge in [0.25, 0.3) is 11.5 Å². The summed E-state index contributed by atoms with van der Waals surface area (Å²) in [6.45, 7) is 3.69. The molecule has 0 bridgehead atoms. The van der Waals surface area contributed by atoms with E-state index in [0.29, 0.717) is 27.3 Å². The van der Waals surface area contributed by atoms with E-state index >= 15 is 0 Å². The van der Waals surface area contributed by atoms with E-state index in [0.717, 1.165) is 5.52 Å². The van der Waals surface area contributed by atoms with Gasteiger partial charge in [0.1, 0.15) is 0 Å². The van der Waals surface area contributed by atoms with Crippen molar-refractivity contribution < 1.29 is 4.79 Å². The molecule has 28 heavy (non-hydrogen) atoms. The van der Waals surface area contributed by atoms with E-state index in [1.54, 1.807) is 48.0 Å². The highest BCUT2D eigenvalue weighted by Gasteiger charge is 2.20. The lowest BCUT2D eigenvalue weighted by Crippen LogP contribution is -2.29. The lowest BCUT2D eigenvalue weighted by molar-refractivity contribution is 0.102. The summed E-state index contributed by atoms with van der Waals surface area (Å²) in [6, 6.07) is 12.1. The first-order valence-electron chi connectivity index (χ1n) is 8.81. The van der Waals surface area contributed by atoms with Crippen LogP contribution in [0.4, 0.5) is 5.95 Å². The minimum absolute atomic E-state index is 0.175. The van der Waals surface area contributed by atoms with Gasteiger partial charge in [-0.3, -0.25) is 14.9 Å². The van der Waals surface area contributed by atoms with E-state index in [9.17, 15) is 9.59 Å². The Morgan fingerprint density at radius 2 is 1.86 bits per heavy atom. The summed E-state index contributed by atoms with van der Waals surface area (Å²) in [5, 5.41) is 8.66. The number of halogens is 1. The molecular weight excluding hydrogens is 378 g/mol. The lowest BCUT2D eigenvalue weighted by atomic mass is 10.1. The highest BCUT2D eigenvalue weighted by Crippen LogP contribution is 2.23. The first-order chi connectivity index (χ1) is 13.4. The van der Waals surface area contributed by atoms with Gasteiger partial charge in [-0.15, -0.1) is 0 Å². The number of hydrogen-bond acceptors (Lipinski definition) is 4. The molecule has 1 N–H and O–H groups in total. The molecule has 4 rings (SSSR count). The Morgan fingerprint density at radius 1 is 1.14 bits per heavy atom. The second kappa shape index (κ2) is 6.76. The molecule has 2 heterocycles. The standard InChI is InChI=1S/C20H18ClN5O2/c1-11(2)26-19(28)14-7-5-4-6-13(14)17(24-26)18(27)23-20-22-15-10-12(21)8-9-16(15)25(20)3/h4-11H,1-3H3,(H,22,23,27). The Balaban J connectivity index is 1.83. The summed E-state index contributed by atoms with van der Waals surface area (Å²) in [5.41, 5.74) is 1.47. The van der Waals surface area contributed by atoms with Crippen molar-refractivity contribution in [3.63, 3.8) is 0 Å². The van der Waals surface area contributed by atoms with Gasteiger partial charge >= 0.3 is 0 Å². The number of imidazole rings is 1. The van der Waals surface area contributed by atoms with Gasteiger partial charge in [-0.25, -0.2) is 9.67 Å².